The summed E-state index contributed by atoms with van der Waals surface area (Å²) in [7, 11) is 0. The molecule has 0 aliphatic carbocycles. The van der Waals surface area contributed by atoms with Gasteiger partial charge in [-0.15, -0.1) is 36.4 Å². The predicted molar refractivity (Wildman–Crippen MR) is 160 cm³/mol. The Labute approximate surface area is 259 Å². The molecule has 4 rings (SSSR count). The van der Waals surface area contributed by atoms with Gasteiger partial charge in [-0.1, -0.05) is 26.7 Å². The van der Waals surface area contributed by atoms with Crippen molar-refractivity contribution in [2.45, 2.75) is 78.3 Å². The van der Waals surface area contributed by atoms with E-state index in [2.05, 4.69) is 24.5 Å². The van der Waals surface area contributed by atoms with E-state index in [4.69, 9.17) is 0 Å². The Morgan fingerprint density at radius 2 is 0.927 bits per heavy atom. The molecule has 0 atom stereocenters. The van der Waals surface area contributed by atoms with Crippen molar-refractivity contribution < 1.29 is 39.3 Å². The van der Waals surface area contributed by atoms with Crippen LogP contribution in [0.3, 0.4) is 0 Å². The summed E-state index contributed by atoms with van der Waals surface area (Å²) >= 11 is 0. The monoisotopic (exact) mass is 602 g/mol. The zero-order valence-corrected chi connectivity index (χ0v) is 26.5. The van der Waals surface area contributed by atoms with Gasteiger partial charge in [-0.05, 0) is 51.9 Å². The van der Waals surface area contributed by atoms with Crippen molar-refractivity contribution in [3.63, 3.8) is 0 Å². The molecule has 0 amide bonds. The van der Waals surface area contributed by atoms with Crippen molar-refractivity contribution >= 4 is 11.4 Å². The molecule has 0 heterocycles. The summed E-state index contributed by atoms with van der Waals surface area (Å²) in [6, 6.07) is 29.2. The number of anilines is 2. The SMILES string of the molecule is CCCC(C)(C)Nc1ccc(F)[c-]c1F.CCCC(C)(C)Nc1ccc(F)[c-]c1F.[Ti+4].c1cc[cH-]c1.c1cc[cH-]c1. The minimum absolute atomic E-state index is 0. The van der Waals surface area contributed by atoms with E-state index in [1.807, 2.05) is 100 Å². The second kappa shape index (κ2) is 20.1. The smallest absolute Gasteiger partial charge is 0.429 e. The van der Waals surface area contributed by atoms with Gasteiger partial charge in [0.2, 0.25) is 0 Å². The maximum Gasteiger partial charge on any atom is 4.00 e. The van der Waals surface area contributed by atoms with Gasteiger partial charge >= 0.3 is 21.7 Å². The molecule has 0 aliphatic heterocycles. The molecule has 0 bridgehead atoms. The van der Waals surface area contributed by atoms with Gasteiger partial charge in [0.1, 0.15) is 0 Å². The molecule has 0 saturated carbocycles. The van der Waals surface area contributed by atoms with Crippen LogP contribution in [0.5, 0.6) is 0 Å². The van der Waals surface area contributed by atoms with Gasteiger partial charge in [0, 0.05) is 34.3 Å². The van der Waals surface area contributed by atoms with E-state index in [-0.39, 0.29) is 32.8 Å². The second-order valence-corrected chi connectivity index (χ2v) is 10.5. The average Bonchev–Trinajstić information content (AvgIpc) is 3.62. The Hall–Kier alpha value is -2.83. The first-order chi connectivity index (χ1) is 18.9. The van der Waals surface area contributed by atoms with E-state index in [1.54, 1.807) is 0 Å². The molecule has 4 aromatic carbocycles. The molecule has 0 aliphatic rings. The summed E-state index contributed by atoms with van der Waals surface area (Å²) in [5, 5.41) is 6.08. The molecule has 41 heavy (non-hydrogen) atoms. The van der Waals surface area contributed by atoms with E-state index >= 15 is 0 Å². The van der Waals surface area contributed by atoms with Crippen LogP contribution in [0.15, 0.2) is 84.9 Å². The molecule has 0 saturated heterocycles. The topological polar surface area (TPSA) is 24.1 Å². The van der Waals surface area contributed by atoms with Gasteiger partial charge in [0.05, 0.1) is 0 Å². The van der Waals surface area contributed by atoms with Crippen molar-refractivity contribution in [2.24, 2.45) is 0 Å². The summed E-state index contributed by atoms with van der Waals surface area (Å²) < 4.78 is 51.7. The Kier molecular flexibility index (Phi) is 18.7. The van der Waals surface area contributed by atoms with Crippen molar-refractivity contribution in [2.75, 3.05) is 10.6 Å². The molecule has 7 heteroatoms. The third kappa shape index (κ3) is 17.6. The maximum absolute atomic E-state index is 13.3. The minimum atomic E-state index is -0.675. The fraction of sp³-hybridized carbons (Fsp3) is 0.353. The number of rotatable bonds is 8. The molecular weight excluding hydrogens is 560 g/mol. The zero-order valence-electron chi connectivity index (χ0n) is 24.9. The summed E-state index contributed by atoms with van der Waals surface area (Å²) in [5.74, 6) is -2.68. The number of nitrogens with one attached hydrogen (secondary N) is 2. The Balaban J connectivity index is 0.000000573. The van der Waals surface area contributed by atoms with E-state index in [1.165, 1.54) is 24.3 Å². The van der Waals surface area contributed by atoms with Gasteiger partial charge < -0.3 is 10.6 Å². The zero-order chi connectivity index (χ0) is 30.0. The van der Waals surface area contributed by atoms with E-state index in [0.29, 0.717) is 11.4 Å². The number of benzene rings is 2. The van der Waals surface area contributed by atoms with Crippen molar-refractivity contribution in [3.8, 4) is 0 Å². The molecule has 0 unspecified atom stereocenters. The summed E-state index contributed by atoms with van der Waals surface area (Å²) in [6.07, 6.45) is 3.85. The van der Waals surface area contributed by atoms with Crippen molar-refractivity contribution in [1.29, 1.82) is 0 Å². The normalized spacial score (nSPS) is 10.4. The first-order valence-corrected chi connectivity index (χ1v) is 13.5. The molecule has 2 N–H and O–H groups in total. The van der Waals surface area contributed by atoms with Crippen molar-refractivity contribution in [3.05, 3.63) is 120 Å². The van der Waals surface area contributed by atoms with Crippen LogP contribution in [0.2, 0.25) is 0 Å². The van der Waals surface area contributed by atoms with E-state index < -0.39 is 23.3 Å². The fourth-order valence-corrected chi connectivity index (χ4v) is 3.83. The summed E-state index contributed by atoms with van der Waals surface area (Å²) in [4.78, 5) is 0. The first-order valence-electron chi connectivity index (χ1n) is 13.5. The van der Waals surface area contributed by atoms with Crippen LogP contribution in [0.25, 0.3) is 0 Å². The van der Waals surface area contributed by atoms with Gasteiger partial charge in [0.15, 0.2) is 0 Å². The molecule has 2 nitrogen and oxygen atoms in total. The standard InChI is InChI=1S/2C12H16F2N.2C5H5.Ti/c2*1-4-7-12(2,3)15-11-6-5-9(13)8-10(11)14;2*1-2-4-5-3-1;/h2*5-6,15H,4,7H2,1-3H3;2*1-5H;/q4*-1;+4. The minimum Gasteiger partial charge on any atom is -0.429 e. The number of hydrogen-bond acceptors (Lipinski definition) is 2. The largest absolute Gasteiger partial charge is 4.00 e. The Morgan fingerprint density at radius 3 is 1.15 bits per heavy atom. The summed E-state index contributed by atoms with van der Waals surface area (Å²) in [5.41, 5.74) is 0.215. The fourth-order valence-electron chi connectivity index (χ4n) is 3.83. The third-order valence-electron chi connectivity index (χ3n) is 5.53. The molecular formula is C34H42F4N2Ti. The van der Waals surface area contributed by atoms with Crippen molar-refractivity contribution in [1.82, 2.24) is 0 Å². The Morgan fingerprint density at radius 1 is 0.610 bits per heavy atom. The van der Waals surface area contributed by atoms with E-state index in [0.717, 1.165) is 25.7 Å². The van der Waals surface area contributed by atoms with Crippen LogP contribution in [0.1, 0.15) is 67.2 Å². The van der Waals surface area contributed by atoms with Crippen LogP contribution in [-0.4, -0.2) is 11.1 Å². The molecule has 0 aromatic heterocycles. The molecule has 0 radical (unpaired) electrons. The molecule has 0 spiro atoms. The van der Waals surface area contributed by atoms with Gasteiger partial charge in [-0.2, -0.15) is 36.4 Å². The van der Waals surface area contributed by atoms with Crippen LogP contribution in [0.4, 0.5) is 28.9 Å². The van der Waals surface area contributed by atoms with Crippen LogP contribution in [-0.2, 0) is 21.7 Å². The maximum atomic E-state index is 13.3. The predicted octanol–water partition coefficient (Wildman–Crippen LogP) is 10.3. The van der Waals surface area contributed by atoms with E-state index in [9.17, 15) is 17.6 Å². The summed E-state index contributed by atoms with van der Waals surface area (Å²) in [6.45, 7) is 12.1. The second-order valence-electron chi connectivity index (χ2n) is 10.5. The molecule has 4 aromatic rings. The first kappa shape index (κ1) is 38.2. The Bertz CT molecular complexity index is 1050. The van der Waals surface area contributed by atoms with Crippen LogP contribution < -0.4 is 10.6 Å². The van der Waals surface area contributed by atoms with Gasteiger partial charge in [-0.25, -0.2) is 41.8 Å². The number of hydrogen-bond donors (Lipinski definition) is 2. The molecule has 0 fully saturated rings. The molecule has 220 valence electrons. The van der Waals surface area contributed by atoms with Gasteiger partial charge in [0.25, 0.3) is 0 Å². The quantitative estimate of drug-likeness (QED) is 0.119. The van der Waals surface area contributed by atoms with Crippen LogP contribution in [0, 0.1) is 35.4 Å². The number of halogens is 4. The van der Waals surface area contributed by atoms with Gasteiger partial charge in [-0.3, -0.25) is 0 Å². The average molecular weight is 603 g/mol. The third-order valence-corrected chi connectivity index (χ3v) is 5.53. The van der Waals surface area contributed by atoms with Crippen LogP contribution >= 0.6 is 0 Å².